The van der Waals surface area contributed by atoms with Crippen molar-refractivity contribution in [1.82, 2.24) is 24.5 Å². The Morgan fingerprint density at radius 2 is 1.94 bits per heavy atom. The van der Waals surface area contributed by atoms with Gasteiger partial charge >= 0.3 is 0 Å². The molecule has 0 aliphatic carbocycles. The maximum absolute atomic E-state index is 12.2. The Kier molecular flexibility index (Phi) is 2.01. The molecule has 0 amide bonds. The van der Waals surface area contributed by atoms with Crippen LogP contribution in [0.3, 0.4) is 0 Å². The van der Waals surface area contributed by atoms with Gasteiger partial charge in [0.25, 0.3) is 5.56 Å². The number of aromatic nitrogens is 5. The molecular formula is C9H14N6O. The highest BCUT2D eigenvalue weighted by atomic mass is 16.1. The summed E-state index contributed by atoms with van der Waals surface area (Å²) in [7, 11) is 1.65. The van der Waals surface area contributed by atoms with Crippen LogP contribution in [0.25, 0.3) is 11.2 Å². The fourth-order valence-electron chi connectivity index (χ4n) is 1.67. The largest absolute Gasteiger partial charge is 0.369 e. The van der Waals surface area contributed by atoms with Crippen molar-refractivity contribution in [1.29, 1.82) is 0 Å². The zero-order valence-electron chi connectivity index (χ0n) is 9.72. The van der Waals surface area contributed by atoms with Gasteiger partial charge in [-0.15, -0.1) is 5.10 Å². The molecule has 0 aromatic carbocycles. The van der Waals surface area contributed by atoms with Crippen molar-refractivity contribution in [3.05, 3.63) is 10.4 Å². The van der Waals surface area contributed by atoms with Crippen molar-refractivity contribution in [2.45, 2.75) is 26.3 Å². The summed E-state index contributed by atoms with van der Waals surface area (Å²) in [6.45, 7) is 5.67. The van der Waals surface area contributed by atoms with E-state index in [0.717, 1.165) is 0 Å². The highest BCUT2D eigenvalue weighted by molar-refractivity contribution is 5.69. The summed E-state index contributed by atoms with van der Waals surface area (Å²) >= 11 is 0. The minimum absolute atomic E-state index is 0.158. The van der Waals surface area contributed by atoms with E-state index in [2.05, 4.69) is 15.3 Å². The summed E-state index contributed by atoms with van der Waals surface area (Å²) in [5.41, 5.74) is 5.76. The third-order valence-corrected chi connectivity index (χ3v) is 2.34. The maximum atomic E-state index is 12.2. The van der Waals surface area contributed by atoms with E-state index in [9.17, 15) is 4.79 Å². The molecule has 2 aromatic heterocycles. The molecule has 0 fully saturated rings. The van der Waals surface area contributed by atoms with Gasteiger partial charge in [0, 0.05) is 12.6 Å². The number of nitrogens with zero attached hydrogens (tertiary/aromatic N) is 5. The SMILES string of the molecule is Cn1nnc2nc(N)n(C(C)(C)C)c(=O)c21. The molecule has 0 unspecified atom stereocenters. The average Bonchev–Trinajstić information content (AvgIpc) is 2.44. The first-order chi connectivity index (χ1) is 7.32. The number of aryl methyl sites for hydroxylation is 1. The summed E-state index contributed by atoms with van der Waals surface area (Å²) in [5.74, 6) is 0.158. The molecule has 2 aromatic rings. The lowest BCUT2D eigenvalue weighted by Gasteiger charge is -2.23. The number of rotatable bonds is 0. The first-order valence-electron chi connectivity index (χ1n) is 4.91. The van der Waals surface area contributed by atoms with E-state index in [1.54, 1.807) is 7.05 Å². The van der Waals surface area contributed by atoms with Gasteiger partial charge in [-0.2, -0.15) is 4.98 Å². The zero-order valence-corrected chi connectivity index (χ0v) is 9.72. The molecule has 0 saturated heterocycles. The van der Waals surface area contributed by atoms with Gasteiger partial charge in [0.2, 0.25) is 11.6 Å². The molecule has 0 saturated carbocycles. The topological polar surface area (TPSA) is 91.6 Å². The van der Waals surface area contributed by atoms with Crippen LogP contribution in [0.15, 0.2) is 4.79 Å². The van der Waals surface area contributed by atoms with E-state index in [4.69, 9.17) is 5.73 Å². The van der Waals surface area contributed by atoms with Crippen LogP contribution in [-0.2, 0) is 12.6 Å². The van der Waals surface area contributed by atoms with Gasteiger partial charge in [-0.05, 0) is 20.8 Å². The van der Waals surface area contributed by atoms with Crippen molar-refractivity contribution < 1.29 is 0 Å². The van der Waals surface area contributed by atoms with Crippen molar-refractivity contribution in [3.63, 3.8) is 0 Å². The predicted octanol–water partition coefficient (Wildman–Crippen LogP) is -0.138. The Hall–Kier alpha value is -1.92. The molecule has 7 heteroatoms. The normalized spacial score (nSPS) is 12.2. The maximum Gasteiger partial charge on any atom is 0.283 e. The average molecular weight is 222 g/mol. The fraction of sp³-hybridized carbons (Fsp3) is 0.556. The standard InChI is InChI=1S/C9H14N6O/c1-9(2,3)15-7(16)5-6(11-8(15)10)12-13-14(5)4/h1-4H3,(H2,10,11). The Labute approximate surface area is 91.9 Å². The number of hydrogen-bond acceptors (Lipinski definition) is 5. The van der Waals surface area contributed by atoms with E-state index >= 15 is 0 Å². The number of anilines is 1. The molecule has 2 heterocycles. The molecule has 7 nitrogen and oxygen atoms in total. The van der Waals surface area contributed by atoms with Gasteiger partial charge in [0.1, 0.15) is 0 Å². The highest BCUT2D eigenvalue weighted by Gasteiger charge is 2.22. The van der Waals surface area contributed by atoms with Crippen molar-refractivity contribution >= 4 is 17.1 Å². The second kappa shape index (κ2) is 3.03. The van der Waals surface area contributed by atoms with E-state index in [1.165, 1.54) is 9.25 Å². The van der Waals surface area contributed by atoms with Crippen LogP contribution in [-0.4, -0.2) is 24.5 Å². The second-order valence-electron chi connectivity index (χ2n) is 4.67. The predicted molar refractivity (Wildman–Crippen MR) is 60.0 cm³/mol. The first kappa shape index (κ1) is 10.6. The van der Waals surface area contributed by atoms with Gasteiger partial charge < -0.3 is 5.73 Å². The molecular weight excluding hydrogens is 208 g/mol. The quantitative estimate of drug-likeness (QED) is 0.670. The molecule has 2 N–H and O–H groups in total. The molecule has 0 aliphatic rings. The fourth-order valence-corrected chi connectivity index (χ4v) is 1.67. The lowest BCUT2D eigenvalue weighted by molar-refractivity contribution is 0.388. The first-order valence-corrected chi connectivity index (χ1v) is 4.91. The van der Waals surface area contributed by atoms with Crippen LogP contribution in [0, 0.1) is 0 Å². The van der Waals surface area contributed by atoms with Crippen LogP contribution >= 0.6 is 0 Å². The van der Waals surface area contributed by atoms with Crippen LogP contribution < -0.4 is 11.3 Å². The van der Waals surface area contributed by atoms with Crippen molar-refractivity contribution in [2.24, 2.45) is 7.05 Å². The van der Waals surface area contributed by atoms with Crippen LogP contribution in [0.5, 0.6) is 0 Å². The number of nitrogens with two attached hydrogens (primary N) is 1. The summed E-state index contributed by atoms with van der Waals surface area (Å²) < 4.78 is 2.85. The molecule has 0 bridgehead atoms. The Bertz CT molecular complexity index is 603. The molecule has 0 aliphatic heterocycles. The van der Waals surface area contributed by atoms with Gasteiger partial charge in [-0.3, -0.25) is 9.36 Å². The third kappa shape index (κ3) is 1.36. The molecule has 0 radical (unpaired) electrons. The van der Waals surface area contributed by atoms with Crippen LogP contribution in [0.1, 0.15) is 20.8 Å². The van der Waals surface area contributed by atoms with E-state index in [0.29, 0.717) is 5.52 Å². The summed E-state index contributed by atoms with van der Waals surface area (Å²) in [4.78, 5) is 16.3. The number of nitrogen functional groups attached to an aromatic ring is 1. The monoisotopic (exact) mass is 222 g/mol. The summed E-state index contributed by atoms with van der Waals surface area (Å²) in [5, 5.41) is 7.53. The minimum atomic E-state index is -0.424. The number of hydrogen-bond donors (Lipinski definition) is 1. The summed E-state index contributed by atoms with van der Waals surface area (Å²) in [6, 6.07) is 0. The van der Waals surface area contributed by atoms with Crippen LogP contribution in [0.2, 0.25) is 0 Å². The Balaban J connectivity index is 2.96. The smallest absolute Gasteiger partial charge is 0.283 e. The minimum Gasteiger partial charge on any atom is -0.369 e. The lowest BCUT2D eigenvalue weighted by Crippen LogP contribution is -2.36. The Morgan fingerprint density at radius 1 is 1.31 bits per heavy atom. The van der Waals surface area contributed by atoms with E-state index < -0.39 is 5.54 Å². The van der Waals surface area contributed by atoms with Gasteiger partial charge in [0.05, 0.1) is 0 Å². The van der Waals surface area contributed by atoms with Gasteiger partial charge in [0.15, 0.2) is 5.52 Å². The van der Waals surface area contributed by atoms with E-state index in [1.807, 2.05) is 20.8 Å². The zero-order chi connectivity index (χ0) is 12.1. The van der Waals surface area contributed by atoms with E-state index in [-0.39, 0.29) is 17.2 Å². The molecule has 0 spiro atoms. The van der Waals surface area contributed by atoms with Gasteiger partial charge in [-0.1, -0.05) is 5.21 Å². The summed E-state index contributed by atoms with van der Waals surface area (Å²) in [6.07, 6.45) is 0. The van der Waals surface area contributed by atoms with Crippen molar-refractivity contribution in [3.8, 4) is 0 Å². The second-order valence-corrected chi connectivity index (χ2v) is 4.67. The van der Waals surface area contributed by atoms with Crippen LogP contribution in [0.4, 0.5) is 5.95 Å². The molecule has 86 valence electrons. The van der Waals surface area contributed by atoms with Gasteiger partial charge in [-0.25, -0.2) is 4.68 Å². The highest BCUT2D eigenvalue weighted by Crippen LogP contribution is 2.16. The Morgan fingerprint density at radius 3 is 2.50 bits per heavy atom. The third-order valence-electron chi connectivity index (χ3n) is 2.34. The molecule has 0 atom stereocenters. The molecule has 2 rings (SSSR count). The lowest BCUT2D eigenvalue weighted by atomic mass is 10.1. The molecule has 16 heavy (non-hydrogen) atoms. The van der Waals surface area contributed by atoms with Crippen molar-refractivity contribution in [2.75, 3.05) is 5.73 Å². The number of fused-ring (bicyclic) bond motifs is 1.